The number of amides is 1. The standard InChI is InChI=1S/C18H30N2O/c1-17(9-5-2-6-10-17)13-20-15(14-7-3-4-8-14)19-18(11-12-18)16(20)21/h14-15,19H,2-13H2,1H3. The molecule has 3 saturated carbocycles. The molecule has 0 aromatic carbocycles. The van der Waals surface area contributed by atoms with Gasteiger partial charge in [0.15, 0.2) is 0 Å². The first-order valence-corrected chi connectivity index (χ1v) is 9.21. The number of carbonyl (C=O) groups excluding carboxylic acids is 1. The summed E-state index contributed by atoms with van der Waals surface area (Å²) in [5.74, 6) is 1.15. The van der Waals surface area contributed by atoms with Gasteiger partial charge in [0.05, 0.1) is 11.7 Å². The molecule has 1 atom stereocenters. The monoisotopic (exact) mass is 290 g/mol. The Labute approximate surface area is 128 Å². The quantitative estimate of drug-likeness (QED) is 0.863. The van der Waals surface area contributed by atoms with Gasteiger partial charge in [0.2, 0.25) is 5.91 Å². The molecule has 1 unspecified atom stereocenters. The molecule has 118 valence electrons. The van der Waals surface area contributed by atoms with Crippen molar-refractivity contribution in [2.24, 2.45) is 11.3 Å². The summed E-state index contributed by atoms with van der Waals surface area (Å²) < 4.78 is 0. The number of carbonyl (C=O) groups is 1. The molecule has 21 heavy (non-hydrogen) atoms. The third-order valence-electron chi connectivity index (χ3n) is 6.64. The van der Waals surface area contributed by atoms with Gasteiger partial charge in [0, 0.05) is 6.54 Å². The van der Waals surface area contributed by atoms with Crippen molar-refractivity contribution in [1.29, 1.82) is 0 Å². The van der Waals surface area contributed by atoms with E-state index >= 15 is 0 Å². The molecule has 0 radical (unpaired) electrons. The first-order chi connectivity index (χ1) is 10.1. The van der Waals surface area contributed by atoms with Crippen molar-refractivity contribution >= 4 is 5.91 Å². The largest absolute Gasteiger partial charge is 0.325 e. The zero-order chi connectivity index (χ0) is 14.5. The first-order valence-electron chi connectivity index (χ1n) is 9.21. The van der Waals surface area contributed by atoms with Gasteiger partial charge in [-0.3, -0.25) is 10.1 Å². The maximum Gasteiger partial charge on any atom is 0.244 e. The van der Waals surface area contributed by atoms with Crippen LogP contribution in [0.15, 0.2) is 0 Å². The molecule has 1 N–H and O–H groups in total. The summed E-state index contributed by atoms with van der Waals surface area (Å²) in [6.45, 7) is 3.42. The average Bonchev–Trinajstić information content (AvgIpc) is 2.96. The van der Waals surface area contributed by atoms with Crippen LogP contribution in [0.3, 0.4) is 0 Å². The molecule has 0 bridgehead atoms. The van der Waals surface area contributed by atoms with Gasteiger partial charge in [-0.25, -0.2) is 0 Å². The maximum absolute atomic E-state index is 12.9. The second kappa shape index (κ2) is 4.97. The van der Waals surface area contributed by atoms with Crippen LogP contribution in [0, 0.1) is 11.3 Å². The van der Waals surface area contributed by atoms with Gasteiger partial charge >= 0.3 is 0 Å². The molecule has 1 heterocycles. The Hall–Kier alpha value is -0.570. The summed E-state index contributed by atoms with van der Waals surface area (Å²) >= 11 is 0. The topological polar surface area (TPSA) is 32.3 Å². The van der Waals surface area contributed by atoms with Crippen LogP contribution in [0.1, 0.15) is 77.6 Å². The number of nitrogens with one attached hydrogen (secondary N) is 1. The van der Waals surface area contributed by atoms with Crippen LogP contribution in [0.5, 0.6) is 0 Å². The zero-order valence-corrected chi connectivity index (χ0v) is 13.5. The lowest BCUT2D eigenvalue weighted by Crippen LogP contribution is -2.47. The lowest BCUT2D eigenvalue weighted by molar-refractivity contribution is -0.133. The highest BCUT2D eigenvalue weighted by Gasteiger charge is 2.60. The van der Waals surface area contributed by atoms with Crippen LogP contribution in [-0.4, -0.2) is 29.1 Å². The van der Waals surface area contributed by atoms with Crippen LogP contribution >= 0.6 is 0 Å². The smallest absolute Gasteiger partial charge is 0.244 e. The lowest BCUT2D eigenvalue weighted by atomic mass is 9.75. The molecule has 4 rings (SSSR count). The molecule has 3 aliphatic carbocycles. The summed E-state index contributed by atoms with van der Waals surface area (Å²) in [6.07, 6.45) is 14.5. The molecule has 1 amide bonds. The predicted molar refractivity (Wildman–Crippen MR) is 83.8 cm³/mol. The highest BCUT2D eigenvalue weighted by Crippen LogP contribution is 2.47. The Kier molecular flexibility index (Phi) is 3.33. The van der Waals surface area contributed by atoms with Crippen molar-refractivity contribution in [2.75, 3.05) is 6.54 Å². The van der Waals surface area contributed by atoms with Crippen molar-refractivity contribution in [2.45, 2.75) is 89.3 Å². The molecule has 1 aliphatic heterocycles. The van der Waals surface area contributed by atoms with E-state index in [2.05, 4.69) is 17.1 Å². The van der Waals surface area contributed by atoms with E-state index in [4.69, 9.17) is 0 Å². The molecular formula is C18H30N2O. The summed E-state index contributed by atoms with van der Waals surface area (Å²) in [4.78, 5) is 15.2. The molecule has 4 fully saturated rings. The Balaban J connectivity index is 1.53. The molecule has 0 aromatic rings. The van der Waals surface area contributed by atoms with Crippen molar-refractivity contribution in [3.05, 3.63) is 0 Å². The summed E-state index contributed by atoms with van der Waals surface area (Å²) in [5.41, 5.74) is 0.241. The van der Waals surface area contributed by atoms with E-state index in [1.54, 1.807) is 0 Å². The first kappa shape index (κ1) is 14.0. The van der Waals surface area contributed by atoms with E-state index in [1.807, 2.05) is 0 Å². The number of rotatable bonds is 3. The number of nitrogens with zero attached hydrogens (tertiary/aromatic N) is 1. The highest BCUT2D eigenvalue weighted by atomic mass is 16.2. The Morgan fingerprint density at radius 1 is 1.05 bits per heavy atom. The fourth-order valence-corrected chi connectivity index (χ4v) is 5.10. The van der Waals surface area contributed by atoms with Gasteiger partial charge < -0.3 is 4.90 Å². The van der Waals surface area contributed by atoms with Crippen molar-refractivity contribution < 1.29 is 4.79 Å². The van der Waals surface area contributed by atoms with Gasteiger partial charge in [0.25, 0.3) is 0 Å². The van der Waals surface area contributed by atoms with Crippen LogP contribution in [0.2, 0.25) is 0 Å². The average molecular weight is 290 g/mol. The van der Waals surface area contributed by atoms with Crippen LogP contribution in [0.25, 0.3) is 0 Å². The Morgan fingerprint density at radius 3 is 2.33 bits per heavy atom. The van der Waals surface area contributed by atoms with E-state index in [0.717, 1.165) is 19.4 Å². The third-order valence-corrected chi connectivity index (χ3v) is 6.64. The predicted octanol–water partition coefficient (Wildman–Crippen LogP) is 3.44. The van der Waals surface area contributed by atoms with Crippen molar-refractivity contribution in [3.63, 3.8) is 0 Å². The second-order valence-corrected chi connectivity index (χ2v) is 8.52. The lowest BCUT2D eigenvalue weighted by Gasteiger charge is -2.40. The van der Waals surface area contributed by atoms with E-state index in [-0.39, 0.29) is 5.54 Å². The van der Waals surface area contributed by atoms with E-state index in [9.17, 15) is 4.79 Å². The molecule has 3 nitrogen and oxygen atoms in total. The van der Waals surface area contributed by atoms with Gasteiger partial charge in [0.1, 0.15) is 0 Å². The Bertz CT molecular complexity index is 417. The van der Waals surface area contributed by atoms with Gasteiger partial charge in [-0.1, -0.05) is 39.0 Å². The molecule has 3 heteroatoms. The summed E-state index contributed by atoms with van der Waals surface area (Å²) in [6, 6.07) is 0. The van der Waals surface area contributed by atoms with Crippen LogP contribution in [0.4, 0.5) is 0 Å². The zero-order valence-electron chi connectivity index (χ0n) is 13.5. The molecule has 1 saturated heterocycles. The van der Waals surface area contributed by atoms with E-state index < -0.39 is 0 Å². The van der Waals surface area contributed by atoms with Gasteiger partial charge in [-0.05, 0) is 49.9 Å². The minimum Gasteiger partial charge on any atom is -0.325 e. The van der Waals surface area contributed by atoms with E-state index in [1.165, 1.54) is 57.8 Å². The minimum atomic E-state index is -0.127. The third kappa shape index (κ3) is 2.42. The number of hydrogen-bond acceptors (Lipinski definition) is 2. The van der Waals surface area contributed by atoms with Crippen LogP contribution in [-0.2, 0) is 4.79 Å². The van der Waals surface area contributed by atoms with Gasteiger partial charge in [-0.2, -0.15) is 0 Å². The normalized spacial score (nSPS) is 34.8. The fraction of sp³-hybridized carbons (Fsp3) is 0.944. The summed E-state index contributed by atoms with van der Waals surface area (Å²) in [5, 5.41) is 3.77. The van der Waals surface area contributed by atoms with Crippen LogP contribution < -0.4 is 5.32 Å². The molecule has 0 aromatic heterocycles. The van der Waals surface area contributed by atoms with Crippen molar-refractivity contribution in [1.82, 2.24) is 10.2 Å². The van der Waals surface area contributed by atoms with Gasteiger partial charge in [-0.15, -0.1) is 0 Å². The van der Waals surface area contributed by atoms with E-state index in [0.29, 0.717) is 23.4 Å². The molecular weight excluding hydrogens is 260 g/mol. The minimum absolute atomic E-state index is 0.127. The fourth-order valence-electron chi connectivity index (χ4n) is 5.10. The SMILES string of the molecule is CC1(CN2C(=O)C3(CC3)NC2C2CCCC2)CCCCC1. The second-order valence-electron chi connectivity index (χ2n) is 8.52. The van der Waals surface area contributed by atoms with Crippen molar-refractivity contribution in [3.8, 4) is 0 Å². The summed E-state index contributed by atoms with van der Waals surface area (Å²) in [7, 11) is 0. The maximum atomic E-state index is 12.9. The highest BCUT2D eigenvalue weighted by molar-refractivity contribution is 5.91. The molecule has 4 aliphatic rings. The number of hydrogen-bond donors (Lipinski definition) is 1. The Morgan fingerprint density at radius 2 is 1.71 bits per heavy atom. The molecule has 1 spiro atoms.